The molecular formula is C6H6N2O. The molecule has 0 saturated carbocycles. The molecular weight excluding hydrogens is 116 g/mol. The number of rotatable bonds is 1. The fraction of sp³-hybridized carbons (Fsp3) is 0.167. The molecule has 0 radical (unpaired) electrons. The second-order valence-electron chi connectivity index (χ2n) is 1.70. The zero-order valence-corrected chi connectivity index (χ0v) is 5.03. The third-order valence-corrected chi connectivity index (χ3v) is 1.08. The third-order valence-electron chi connectivity index (χ3n) is 1.08. The number of pyridine rings is 1. The van der Waals surface area contributed by atoms with Gasteiger partial charge in [0, 0.05) is 6.20 Å². The molecule has 0 aliphatic carbocycles. The molecule has 9 heavy (non-hydrogen) atoms. The van der Waals surface area contributed by atoms with Crippen molar-refractivity contribution in [2.75, 3.05) is 0 Å². The standard InChI is InChI=1S/C6H6N2O/c1-5-6(8-9)3-2-4-7-5/h2-4H,1H3. The molecule has 0 unspecified atom stereocenters. The van der Waals surface area contributed by atoms with Crippen LogP contribution in [0.1, 0.15) is 5.69 Å². The summed E-state index contributed by atoms with van der Waals surface area (Å²) in [5.74, 6) is 0. The second-order valence-corrected chi connectivity index (χ2v) is 1.70. The van der Waals surface area contributed by atoms with Gasteiger partial charge in [0.1, 0.15) is 5.69 Å². The summed E-state index contributed by atoms with van der Waals surface area (Å²) in [7, 11) is 0. The maximum atomic E-state index is 9.94. The quantitative estimate of drug-likeness (QED) is 0.533. The van der Waals surface area contributed by atoms with E-state index in [2.05, 4.69) is 10.2 Å². The zero-order chi connectivity index (χ0) is 6.69. The smallest absolute Gasteiger partial charge is 0.129 e. The SMILES string of the molecule is Cc1ncccc1N=O. The van der Waals surface area contributed by atoms with Crippen LogP contribution >= 0.6 is 0 Å². The Labute approximate surface area is 52.7 Å². The third kappa shape index (κ3) is 1.10. The van der Waals surface area contributed by atoms with Crippen molar-refractivity contribution in [1.29, 1.82) is 0 Å². The molecule has 0 fully saturated rings. The maximum Gasteiger partial charge on any atom is 0.129 e. The van der Waals surface area contributed by atoms with Crippen molar-refractivity contribution >= 4 is 5.69 Å². The molecule has 0 amide bonds. The molecule has 3 heteroatoms. The minimum atomic E-state index is 0.414. The van der Waals surface area contributed by atoms with Gasteiger partial charge in [0.15, 0.2) is 0 Å². The first-order valence-corrected chi connectivity index (χ1v) is 2.59. The van der Waals surface area contributed by atoms with Crippen molar-refractivity contribution in [3.8, 4) is 0 Å². The topological polar surface area (TPSA) is 42.3 Å². The summed E-state index contributed by atoms with van der Waals surface area (Å²) in [5, 5.41) is 2.76. The summed E-state index contributed by atoms with van der Waals surface area (Å²) in [6.45, 7) is 1.75. The van der Waals surface area contributed by atoms with Crippen LogP contribution in [0.4, 0.5) is 5.69 Å². The van der Waals surface area contributed by atoms with Crippen LogP contribution in [-0.4, -0.2) is 4.98 Å². The van der Waals surface area contributed by atoms with Gasteiger partial charge in [-0.2, -0.15) is 0 Å². The Morgan fingerprint density at radius 1 is 1.67 bits per heavy atom. The maximum absolute atomic E-state index is 9.94. The number of hydrogen-bond donors (Lipinski definition) is 0. The van der Waals surface area contributed by atoms with Crippen molar-refractivity contribution in [2.45, 2.75) is 6.92 Å². The number of aryl methyl sites for hydroxylation is 1. The van der Waals surface area contributed by atoms with Gasteiger partial charge in [0.2, 0.25) is 0 Å². The van der Waals surface area contributed by atoms with E-state index in [4.69, 9.17) is 0 Å². The lowest BCUT2D eigenvalue weighted by molar-refractivity contribution is 1.18. The molecule has 1 aromatic heterocycles. The van der Waals surface area contributed by atoms with Gasteiger partial charge in [0.05, 0.1) is 5.69 Å². The molecule has 0 saturated heterocycles. The van der Waals surface area contributed by atoms with Crippen LogP contribution in [-0.2, 0) is 0 Å². The van der Waals surface area contributed by atoms with Crippen molar-refractivity contribution in [2.24, 2.45) is 5.18 Å². The summed E-state index contributed by atoms with van der Waals surface area (Å²) in [6, 6.07) is 3.32. The molecule has 0 N–H and O–H groups in total. The van der Waals surface area contributed by atoms with Crippen LogP contribution in [0, 0.1) is 11.8 Å². The second kappa shape index (κ2) is 2.35. The highest BCUT2D eigenvalue weighted by Crippen LogP contribution is 2.12. The van der Waals surface area contributed by atoms with E-state index < -0.39 is 0 Å². The van der Waals surface area contributed by atoms with E-state index in [1.54, 1.807) is 25.3 Å². The average molecular weight is 122 g/mol. The van der Waals surface area contributed by atoms with E-state index in [1.165, 1.54) is 0 Å². The van der Waals surface area contributed by atoms with Crippen LogP contribution in [0.3, 0.4) is 0 Å². The predicted octanol–water partition coefficient (Wildman–Crippen LogP) is 1.79. The summed E-state index contributed by atoms with van der Waals surface area (Å²) in [6.07, 6.45) is 1.63. The highest BCUT2D eigenvalue weighted by atomic mass is 16.3. The summed E-state index contributed by atoms with van der Waals surface area (Å²) >= 11 is 0. The number of nitrogens with zero attached hydrogens (tertiary/aromatic N) is 2. The normalized spacial score (nSPS) is 9.00. The summed E-state index contributed by atoms with van der Waals surface area (Å²) < 4.78 is 0. The van der Waals surface area contributed by atoms with E-state index in [0.717, 1.165) is 0 Å². The van der Waals surface area contributed by atoms with Crippen molar-refractivity contribution in [3.63, 3.8) is 0 Å². The Balaban J connectivity index is 3.15. The summed E-state index contributed by atoms with van der Waals surface area (Å²) in [5.41, 5.74) is 1.09. The Kier molecular flexibility index (Phi) is 1.53. The fourth-order valence-electron chi connectivity index (χ4n) is 0.572. The summed E-state index contributed by atoms with van der Waals surface area (Å²) in [4.78, 5) is 13.8. The minimum Gasteiger partial charge on any atom is -0.259 e. The van der Waals surface area contributed by atoms with E-state index in [-0.39, 0.29) is 0 Å². The number of nitroso groups, excluding NO2 is 1. The van der Waals surface area contributed by atoms with E-state index in [9.17, 15) is 4.91 Å². The Morgan fingerprint density at radius 3 is 2.89 bits per heavy atom. The van der Waals surface area contributed by atoms with Gasteiger partial charge in [-0.05, 0) is 24.2 Å². The van der Waals surface area contributed by atoms with E-state index in [0.29, 0.717) is 11.4 Å². The largest absolute Gasteiger partial charge is 0.259 e. The highest BCUT2D eigenvalue weighted by Gasteiger charge is 1.93. The lowest BCUT2D eigenvalue weighted by Gasteiger charge is -1.89. The highest BCUT2D eigenvalue weighted by molar-refractivity contribution is 5.39. The van der Waals surface area contributed by atoms with Gasteiger partial charge in [-0.1, -0.05) is 0 Å². The zero-order valence-electron chi connectivity index (χ0n) is 5.03. The van der Waals surface area contributed by atoms with Crippen LogP contribution in [0.15, 0.2) is 23.5 Å². The first-order chi connectivity index (χ1) is 4.34. The van der Waals surface area contributed by atoms with Gasteiger partial charge >= 0.3 is 0 Å². The molecule has 0 aliphatic heterocycles. The van der Waals surface area contributed by atoms with Crippen molar-refractivity contribution < 1.29 is 0 Å². The number of hydrogen-bond acceptors (Lipinski definition) is 3. The van der Waals surface area contributed by atoms with Crippen molar-refractivity contribution in [1.82, 2.24) is 4.98 Å². The first kappa shape index (κ1) is 5.88. The van der Waals surface area contributed by atoms with Gasteiger partial charge in [-0.25, -0.2) is 0 Å². The van der Waals surface area contributed by atoms with Crippen LogP contribution < -0.4 is 0 Å². The lowest BCUT2D eigenvalue weighted by Crippen LogP contribution is -1.76. The monoisotopic (exact) mass is 122 g/mol. The number of aromatic nitrogens is 1. The molecule has 46 valence electrons. The van der Waals surface area contributed by atoms with Crippen LogP contribution in [0.25, 0.3) is 0 Å². The molecule has 0 spiro atoms. The molecule has 1 heterocycles. The van der Waals surface area contributed by atoms with Crippen LogP contribution in [0.2, 0.25) is 0 Å². The van der Waals surface area contributed by atoms with Gasteiger partial charge in [0.25, 0.3) is 0 Å². The van der Waals surface area contributed by atoms with Crippen LogP contribution in [0.5, 0.6) is 0 Å². The lowest BCUT2D eigenvalue weighted by atomic mass is 10.3. The molecule has 0 aliphatic rings. The average Bonchev–Trinajstić information content (AvgIpc) is 1.89. The molecule has 1 rings (SSSR count). The first-order valence-electron chi connectivity index (χ1n) is 2.59. The van der Waals surface area contributed by atoms with Gasteiger partial charge < -0.3 is 0 Å². The molecule has 1 aromatic rings. The molecule has 0 aromatic carbocycles. The van der Waals surface area contributed by atoms with Crippen molar-refractivity contribution in [3.05, 3.63) is 28.9 Å². The van der Waals surface area contributed by atoms with Gasteiger partial charge in [-0.3, -0.25) is 4.98 Å². The molecule has 0 bridgehead atoms. The van der Waals surface area contributed by atoms with E-state index >= 15 is 0 Å². The minimum absolute atomic E-state index is 0.414. The Hall–Kier alpha value is -1.25. The Morgan fingerprint density at radius 2 is 2.44 bits per heavy atom. The predicted molar refractivity (Wildman–Crippen MR) is 34.4 cm³/mol. The Bertz CT molecular complexity index is 222. The van der Waals surface area contributed by atoms with E-state index in [1.807, 2.05) is 0 Å². The van der Waals surface area contributed by atoms with Gasteiger partial charge in [-0.15, -0.1) is 4.91 Å². The molecule has 0 atom stereocenters. The fourth-order valence-corrected chi connectivity index (χ4v) is 0.572. The molecule has 3 nitrogen and oxygen atoms in total.